The van der Waals surface area contributed by atoms with Gasteiger partial charge in [-0.1, -0.05) is 18.6 Å². The molecule has 1 saturated heterocycles. The molecule has 2 aliphatic rings. The molecule has 3 rings (SSSR count). The zero-order valence-electron chi connectivity index (χ0n) is 12.3. The van der Waals surface area contributed by atoms with Gasteiger partial charge in [-0.15, -0.1) is 0 Å². The quantitative estimate of drug-likeness (QED) is 0.925. The fourth-order valence-corrected chi connectivity index (χ4v) is 3.61. The normalized spacial score (nSPS) is 26.7. The fraction of sp³-hybridized carbons (Fsp3) is 0.588. The highest BCUT2D eigenvalue weighted by Gasteiger charge is 2.33. The first kappa shape index (κ1) is 14.4. The lowest BCUT2D eigenvalue weighted by atomic mass is 9.91. The van der Waals surface area contributed by atoms with Crippen LogP contribution in [0.25, 0.3) is 0 Å². The molecule has 2 unspecified atom stereocenters. The molecule has 4 nitrogen and oxygen atoms in total. The highest BCUT2D eigenvalue weighted by Crippen LogP contribution is 2.30. The van der Waals surface area contributed by atoms with Crippen LogP contribution in [0.5, 0.6) is 5.75 Å². The Labute approximate surface area is 125 Å². The molecule has 114 valence electrons. The van der Waals surface area contributed by atoms with E-state index in [4.69, 9.17) is 4.74 Å². The summed E-state index contributed by atoms with van der Waals surface area (Å²) in [5.41, 5.74) is 0.267. The largest absolute Gasteiger partial charge is 0.488 e. The third-order valence-electron chi connectivity index (χ3n) is 4.67. The van der Waals surface area contributed by atoms with Crippen molar-refractivity contribution in [1.29, 1.82) is 0 Å². The number of nitrogens with zero attached hydrogens (tertiary/aromatic N) is 1. The van der Waals surface area contributed by atoms with E-state index in [2.05, 4.69) is 4.90 Å². The summed E-state index contributed by atoms with van der Waals surface area (Å²) >= 11 is 0. The van der Waals surface area contributed by atoms with E-state index in [1.165, 1.54) is 32.1 Å². The molecular formula is C17H23NO3. The van der Waals surface area contributed by atoms with E-state index >= 15 is 0 Å². The van der Waals surface area contributed by atoms with Gasteiger partial charge in [-0.2, -0.15) is 0 Å². The van der Waals surface area contributed by atoms with Crippen molar-refractivity contribution in [3.8, 4) is 5.75 Å². The molecule has 0 spiro atoms. The van der Waals surface area contributed by atoms with E-state index in [1.54, 1.807) is 18.2 Å². The second-order valence-corrected chi connectivity index (χ2v) is 6.05. The lowest BCUT2D eigenvalue weighted by Crippen LogP contribution is -2.46. The predicted octanol–water partition coefficient (Wildman–Crippen LogP) is 3.17. The minimum Gasteiger partial charge on any atom is -0.488 e. The van der Waals surface area contributed by atoms with Crippen LogP contribution in [0.4, 0.5) is 0 Å². The van der Waals surface area contributed by atoms with E-state index in [0.717, 1.165) is 19.5 Å². The lowest BCUT2D eigenvalue weighted by Gasteiger charge is -2.38. The molecule has 1 saturated carbocycles. The number of benzene rings is 1. The molecule has 1 aromatic rings. The minimum absolute atomic E-state index is 0.123. The third-order valence-corrected chi connectivity index (χ3v) is 4.67. The van der Waals surface area contributed by atoms with Crippen molar-refractivity contribution in [2.45, 2.75) is 50.7 Å². The van der Waals surface area contributed by atoms with Crippen molar-refractivity contribution in [2.24, 2.45) is 0 Å². The van der Waals surface area contributed by atoms with Gasteiger partial charge in [0.15, 0.2) is 0 Å². The molecular weight excluding hydrogens is 266 g/mol. The topological polar surface area (TPSA) is 49.8 Å². The second kappa shape index (κ2) is 6.48. The van der Waals surface area contributed by atoms with E-state index in [9.17, 15) is 9.90 Å². The molecule has 1 heterocycles. The SMILES string of the molecule is O=C(O)c1ccccc1OC1CCCCC1N1CCCC1. The molecule has 2 fully saturated rings. The van der Waals surface area contributed by atoms with Gasteiger partial charge < -0.3 is 9.84 Å². The van der Waals surface area contributed by atoms with Gasteiger partial charge in [0.05, 0.1) is 0 Å². The Kier molecular flexibility index (Phi) is 4.44. The molecule has 1 aromatic carbocycles. The standard InChI is InChI=1S/C17H23NO3/c19-17(20)13-7-1-3-9-15(13)21-16-10-4-2-8-14(16)18-11-5-6-12-18/h1,3,7,9,14,16H,2,4-6,8,10-12H2,(H,19,20). The summed E-state index contributed by atoms with van der Waals surface area (Å²) in [6.07, 6.45) is 7.28. The van der Waals surface area contributed by atoms with Gasteiger partial charge in [-0.05, 0) is 57.3 Å². The molecule has 4 heteroatoms. The fourth-order valence-electron chi connectivity index (χ4n) is 3.61. The predicted molar refractivity (Wildman–Crippen MR) is 80.9 cm³/mol. The van der Waals surface area contributed by atoms with Crippen LogP contribution < -0.4 is 4.74 Å². The summed E-state index contributed by atoms with van der Waals surface area (Å²) in [6.45, 7) is 2.32. The van der Waals surface area contributed by atoms with Crippen LogP contribution >= 0.6 is 0 Å². The molecule has 2 atom stereocenters. The number of rotatable bonds is 4. The number of likely N-dealkylation sites (tertiary alicyclic amines) is 1. The summed E-state index contributed by atoms with van der Waals surface area (Å²) < 4.78 is 6.15. The van der Waals surface area contributed by atoms with Crippen molar-refractivity contribution in [3.63, 3.8) is 0 Å². The van der Waals surface area contributed by atoms with Crippen LogP contribution in [0.2, 0.25) is 0 Å². The Hall–Kier alpha value is -1.55. The third kappa shape index (κ3) is 3.21. The van der Waals surface area contributed by atoms with E-state index in [0.29, 0.717) is 11.8 Å². The Morgan fingerprint density at radius 2 is 1.81 bits per heavy atom. The molecule has 0 radical (unpaired) electrons. The Balaban J connectivity index is 1.76. The summed E-state index contributed by atoms with van der Waals surface area (Å²) in [4.78, 5) is 13.8. The van der Waals surface area contributed by atoms with Crippen LogP contribution in [-0.2, 0) is 0 Å². The second-order valence-electron chi connectivity index (χ2n) is 6.05. The lowest BCUT2D eigenvalue weighted by molar-refractivity contribution is 0.0461. The number of hydrogen-bond acceptors (Lipinski definition) is 3. The first-order chi connectivity index (χ1) is 10.3. The number of para-hydroxylation sites is 1. The first-order valence-corrected chi connectivity index (χ1v) is 7.99. The highest BCUT2D eigenvalue weighted by molar-refractivity contribution is 5.90. The van der Waals surface area contributed by atoms with Gasteiger partial charge in [-0.25, -0.2) is 4.79 Å². The van der Waals surface area contributed by atoms with Crippen LogP contribution in [0.1, 0.15) is 48.9 Å². The Morgan fingerprint density at radius 1 is 1.10 bits per heavy atom. The van der Waals surface area contributed by atoms with Crippen LogP contribution in [0.3, 0.4) is 0 Å². The van der Waals surface area contributed by atoms with Crippen molar-refractivity contribution in [3.05, 3.63) is 29.8 Å². The number of ether oxygens (including phenoxy) is 1. The van der Waals surface area contributed by atoms with Gasteiger partial charge in [0.1, 0.15) is 17.4 Å². The highest BCUT2D eigenvalue weighted by atomic mass is 16.5. The monoisotopic (exact) mass is 289 g/mol. The molecule has 21 heavy (non-hydrogen) atoms. The van der Waals surface area contributed by atoms with Gasteiger partial charge in [0.25, 0.3) is 0 Å². The molecule has 0 amide bonds. The average Bonchev–Trinajstić information content (AvgIpc) is 3.02. The minimum atomic E-state index is -0.917. The van der Waals surface area contributed by atoms with Gasteiger partial charge in [-0.3, -0.25) is 4.90 Å². The van der Waals surface area contributed by atoms with Crippen molar-refractivity contribution < 1.29 is 14.6 Å². The summed E-state index contributed by atoms with van der Waals surface area (Å²) in [5.74, 6) is -0.403. The maximum atomic E-state index is 11.3. The Morgan fingerprint density at radius 3 is 2.57 bits per heavy atom. The molecule has 1 aliphatic heterocycles. The zero-order chi connectivity index (χ0) is 14.7. The summed E-state index contributed by atoms with van der Waals surface area (Å²) in [6, 6.07) is 7.43. The van der Waals surface area contributed by atoms with Crippen LogP contribution in [0.15, 0.2) is 24.3 Å². The van der Waals surface area contributed by atoms with E-state index < -0.39 is 5.97 Å². The maximum absolute atomic E-state index is 11.3. The number of carboxylic acids is 1. The maximum Gasteiger partial charge on any atom is 0.339 e. The van der Waals surface area contributed by atoms with Crippen LogP contribution in [-0.4, -0.2) is 41.2 Å². The number of hydrogen-bond donors (Lipinski definition) is 1. The van der Waals surface area contributed by atoms with Gasteiger partial charge in [0.2, 0.25) is 0 Å². The first-order valence-electron chi connectivity index (χ1n) is 7.99. The number of carbonyl (C=O) groups is 1. The van der Waals surface area contributed by atoms with Crippen molar-refractivity contribution in [1.82, 2.24) is 4.90 Å². The zero-order valence-corrected chi connectivity index (χ0v) is 12.3. The summed E-state index contributed by atoms with van der Waals surface area (Å²) in [7, 11) is 0. The van der Waals surface area contributed by atoms with Gasteiger partial charge in [0, 0.05) is 6.04 Å². The van der Waals surface area contributed by atoms with Crippen molar-refractivity contribution >= 4 is 5.97 Å². The number of carboxylic acid groups (broad SMARTS) is 1. The molecule has 0 aromatic heterocycles. The average molecular weight is 289 g/mol. The van der Waals surface area contributed by atoms with Crippen LogP contribution in [0, 0.1) is 0 Å². The van der Waals surface area contributed by atoms with E-state index in [1.807, 2.05) is 6.07 Å². The molecule has 1 aliphatic carbocycles. The van der Waals surface area contributed by atoms with E-state index in [-0.39, 0.29) is 11.7 Å². The number of aromatic carboxylic acids is 1. The van der Waals surface area contributed by atoms with Crippen molar-refractivity contribution in [2.75, 3.05) is 13.1 Å². The molecule has 0 bridgehead atoms. The smallest absolute Gasteiger partial charge is 0.339 e. The summed E-state index contributed by atoms with van der Waals surface area (Å²) in [5, 5.41) is 9.28. The Bertz CT molecular complexity index is 497. The van der Waals surface area contributed by atoms with Gasteiger partial charge >= 0.3 is 5.97 Å². The molecule has 1 N–H and O–H groups in total.